The van der Waals surface area contributed by atoms with E-state index in [1.807, 2.05) is 12.4 Å². The number of pyridine rings is 1. The quantitative estimate of drug-likeness (QED) is 0.709. The number of aromatic nitrogens is 4. The molecule has 2 N–H and O–H groups in total. The van der Waals surface area contributed by atoms with Gasteiger partial charge in [-0.25, -0.2) is 9.97 Å². The summed E-state index contributed by atoms with van der Waals surface area (Å²) >= 11 is 0. The van der Waals surface area contributed by atoms with Gasteiger partial charge in [0, 0.05) is 29.6 Å². The molecule has 2 aliphatic rings. The number of aliphatic hydroxyl groups is 1. The Bertz CT molecular complexity index is 1040. The van der Waals surface area contributed by atoms with Crippen LogP contribution in [-0.4, -0.2) is 48.7 Å². The summed E-state index contributed by atoms with van der Waals surface area (Å²) in [5.41, 5.74) is 2.81. The molecule has 0 spiro atoms. The molecular formula is C22H28N6O. The van der Waals surface area contributed by atoms with Gasteiger partial charge >= 0.3 is 0 Å². The van der Waals surface area contributed by atoms with Crippen molar-refractivity contribution in [2.75, 3.05) is 13.1 Å². The first-order chi connectivity index (χ1) is 14.2. The fourth-order valence-corrected chi connectivity index (χ4v) is 5.35. The predicted octanol–water partition coefficient (Wildman–Crippen LogP) is 3.69. The van der Waals surface area contributed by atoms with Gasteiger partial charge in [0.2, 0.25) is 0 Å². The van der Waals surface area contributed by atoms with Crippen molar-refractivity contribution in [3.05, 3.63) is 24.3 Å². The molecule has 0 unspecified atom stereocenters. The van der Waals surface area contributed by atoms with E-state index in [1.165, 1.54) is 0 Å². The monoisotopic (exact) mass is 392 g/mol. The number of nitrogens with one attached hydrogen (secondary N) is 1. The number of piperidine rings is 1. The highest BCUT2D eigenvalue weighted by atomic mass is 16.3. The lowest BCUT2D eigenvalue weighted by Crippen LogP contribution is -2.43. The van der Waals surface area contributed by atoms with Gasteiger partial charge in [0.25, 0.3) is 0 Å². The van der Waals surface area contributed by atoms with Crippen molar-refractivity contribution in [2.45, 2.75) is 63.6 Å². The molecule has 0 bridgehead atoms. The Morgan fingerprint density at radius 2 is 1.90 bits per heavy atom. The number of imidazole rings is 1. The van der Waals surface area contributed by atoms with Crippen LogP contribution in [-0.2, 0) is 0 Å². The molecule has 1 atom stereocenters. The van der Waals surface area contributed by atoms with Gasteiger partial charge in [0.05, 0.1) is 17.8 Å². The van der Waals surface area contributed by atoms with E-state index in [-0.39, 0.29) is 5.92 Å². The van der Waals surface area contributed by atoms with Crippen LogP contribution in [0.15, 0.2) is 18.5 Å². The molecule has 0 amide bonds. The van der Waals surface area contributed by atoms with Crippen molar-refractivity contribution < 1.29 is 5.11 Å². The van der Waals surface area contributed by atoms with Gasteiger partial charge in [0.1, 0.15) is 23.1 Å². The Hall–Kier alpha value is -2.43. The highest BCUT2D eigenvalue weighted by molar-refractivity contribution is 6.01. The molecule has 2 fully saturated rings. The Labute approximate surface area is 170 Å². The van der Waals surface area contributed by atoms with Crippen LogP contribution in [0.1, 0.15) is 63.4 Å². The maximum Gasteiger partial charge on any atom is 0.139 e. The van der Waals surface area contributed by atoms with E-state index in [9.17, 15) is 5.11 Å². The Kier molecular flexibility index (Phi) is 4.76. The van der Waals surface area contributed by atoms with E-state index in [2.05, 4.69) is 31.6 Å². The van der Waals surface area contributed by atoms with Gasteiger partial charge in [-0.15, -0.1) is 0 Å². The number of fused-ring (bicyclic) bond motifs is 3. The minimum Gasteiger partial charge on any atom is -0.385 e. The number of aliphatic hydroxyl groups excluding tert-OH is 1. The largest absolute Gasteiger partial charge is 0.385 e. The second-order valence-electron chi connectivity index (χ2n) is 8.65. The first kappa shape index (κ1) is 18.6. The maximum absolute atomic E-state index is 10.4. The topological polar surface area (TPSA) is 93.8 Å². The van der Waals surface area contributed by atoms with Crippen molar-refractivity contribution in [3.63, 3.8) is 0 Å². The minimum absolute atomic E-state index is 0.242. The van der Waals surface area contributed by atoms with E-state index in [1.54, 1.807) is 6.92 Å². The molecule has 7 heteroatoms. The lowest BCUT2D eigenvalue weighted by Gasteiger charge is -2.40. The SMILES string of the molecule is C[C@@H](O)c1nc2cnc3[nH]ccc3c2n1C1CCC(N2CCC(C#N)CC2)CC1. The fourth-order valence-electron chi connectivity index (χ4n) is 5.35. The molecule has 1 saturated carbocycles. The van der Waals surface area contributed by atoms with Crippen LogP contribution in [0.5, 0.6) is 0 Å². The number of likely N-dealkylation sites (tertiary alicyclic amines) is 1. The van der Waals surface area contributed by atoms with Crippen LogP contribution in [0.25, 0.3) is 22.1 Å². The Morgan fingerprint density at radius 3 is 2.59 bits per heavy atom. The van der Waals surface area contributed by atoms with E-state index in [4.69, 9.17) is 10.2 Å². The zero-order valence-electron chi connectivity index (χ0n) is 16.9. The first-order valence-corrected chi connectivity index (χ1v) is 10.8. The molecule has 3 aromatic heterocycles. The average molecular weight is 393 g/mol. The molecule has 29 heavy (non-hydrogen) atoms. The summed E-state index contributed by atoms with van der Waals surface area (Å²) in [5, 5.41) is 20.6. The molecule has 152 valence electrons. The summed E-state index contributed by atoms with van der Waals surface area (Å²) in [5.74, 6) is 0.986. The molecule has 3 aromatic rings. The molecule has 1 aliphatic carbocycles. The summed E-state index contributed by atoms with van der Waals surface area (Å²) in [4.78, 5) is 15.0. The summed E-state index contributed by atoms with van der Waals surface area (Å²) < 4.78 is 2.29. The fraction of sp³-hybridized carbons (Fsp3) is 0.591. The van der Waals surface area contributed by atoms with Gasteiger partial charge in [-0.1, -0.05) is 0 Å². The smallest absolute Gasteiger partial charge is 0.139 e. The summed E-state index contributed by atoms with van der Waals surface area (Å²) in [7, 11) is 0. The van der Waals surface area contributed by atoms with Crippen LogP contribution in [0.3, 0.4) is 0 Å². The summed E-state index contributed by atoms with van der Waals surface area (Å²) in [6, 6.07) is 5.45. The molecule has 1 saturated heterocycles. The molecule has 1 aliphatic heterocycles. The van der Waals surface area contributed by atoms with Gasteiger partial charge < -0.3 is 19.6 Å². The standard InChI is InChI=1S/C22H28N6O/c1-14(29)22-26-19-13-25-21-18(6-9-24-21)20(19)28(22)17-4-2-16(3-5-17)27-10-7-15(12-23)8-11-27/h6,9,13-17,29H,2-5,7-8,10-11H2,1H3,(H,24,25)/t14-,16?,17?/m1/s1. The van der Waals surface area contributed by atoms with Gasteiger partial charge in [0.15, 0.2) is 0 Å². The first-order valence-electron chi connectivity index (χ1n) is 10.8. The molecule has 4 heterocycles. The van der Waals surface area contributed by atoms with Crippen molar-refractivity contribution >= 4 is 22.1 Å². The number of aromatic amines is 1. The number of H-pyrrole nitrogens is 1. The van der Waals surface area contributed by atoms with Gasteiger partial charge in [-0.05, 0) is 64.6 Å². The van der Waals surface area contributed by atoms with Crippen LogP contribution >= 0.6 is 0 Å². The second-order valence-corrected chi connectivity index (χ2v) is 8.65. The zero-order chi connectivity index (χ0) is 20.0. The second kappa shape index (κ2) is 7.43. The molecular weight excluding hydrogens is 364 g/mol. The van der Waals surface area contributed by atoms with E-state index in [0.717, 1.165) is 79.5 Å². The number of nitriles is 1. The van der Waals surface area contributed by atoms with Crippen molar-refractivity contribution in [2.24, 2.45) is 5.92 Å². The third-order valence-electron chi connectivity index (χ3n) is 6.90. The number of nitrogens with zero attached hydrogens (tertiary/aromatic N) is 5. The average Bonchev–Trinajstić information content (AvgIpc) is 3.38. The van der Waals surface area contributed by atoms with Crippen LogP contribution < -0.4 is 0 Å². The highest BCUT2D eigenvalue weighted by Crippen LogP contribution is 2.38. The normalized spacial score (nSPS) is 25.4. The Morgan fingerprint density at radius 1 is 1.17 bits per heavy atom. The molecule has 0 aromatic carbocycles. The minimum atomic E-state index is -0.612. The van der Waals surface area contributed by atoms with Crippen LogP contribution in [0, 0.1) is 17.2 Å². The Balaban J connectivity index is 1.41. The number of hydrogen-bond acceptors (Lipinski definition) is 5. The maximum atomic E-state index is 10.4. The number of hydrogen-bond donors (Lipinski definition) is 2. The van der Waals surface area contributed by atoms with Crippen LogP contribution in [0.2, 0.25) is 0 Å². The lowest BCUT2D eigenvalue weighted by atomic mass is 9.87. The molecule has 5 rings (SSSR count). The van der Waals surface area contributed by atoms with Gasteiger partial charge in [-0.3, -0.25) is 0 Å². The summed E-state index contributed by atoms with van der Waals surface area (Å²) in [6.45, 7) is 3.90. The van der Waals surface area contributed by atoms with Crippen LogP contribution in [0.4, 0.5) is 0 Å². The van der Waals surface area contributed by atoms with Crippen molar-refractivity contribution in [3.8, 4) is 6.07 Å². The van der Waals surface area contributed by atoms with Gasteiger partial charge in [-0.2, -0.15) is 5.26 Å². The highest BCUT2D eigenvalue weighted by Gasteiger charge is 2.32. The van der Waals surface area contributed by atoms with E-state index < -0.39 is 6.10 Å². The van der Waals surface area contributed by atoms with Crippen molar-refractivity contribution in [1.29, 1.82) is 5.26 Å². The molecule has 0 radical (unpaired) electrons. The predicted molar refractivity (Wildman–Crippen MR) is 111 cm³/mol. The third kappa shape index (κ3) is 3.21. The third-order valence-corrected chi connectivity index (χ3v) is 6.90. The van der Waals surface area contributed by atoms with E-state index >= 15 is 0 Å². The van der Waals surface area contributed by atoms with Crippen molar-refractivity contribution in [1.82, 2.24) is 24.4 Å². The number of rotatable bonds is 3. The zero-order valence-corrected chi connectivity index (χ0v) is 16.9. The molecule has 7 nitrogen and oxygen atoms in total. The summed E-state index contributed by atoms with van der Waals surface area (Å²) in [6.07, 6.45) is 9.61. The van der Waals surface area contributed by atoms with E-state index in [0.29, 0.717) is 12.1 Å². The lowest BCUT2D eigenvalue weighted by molar-refractivity contribution is 0.103.